The third-order valence-electron chi connectivity index (χ3n) is 7.71. The van der Waals surface area contributed by atoms with E-state index in [1.54, 1.807) is 36.7 Å². The molecule has 0 aliphatic rings. The second kappa shape index (κ2) is 9.85. The summed E-state index contributed by atoms with van der Waals surface area (Å²) in [6, 6.07) is 18.5. The van der Waals surface area contributed by atoms with Crippen LogP contribution in [-0.2, 0) is 10.0 Å². The largest absolute Gasteiger partial charge is 0.455 e. The quantitative estimate of drug-likeness (QED) is 0.250. The summed E-state index contributed by atoms with van der Waals surface area (Å²) in [7, 11) is -0.844. The lowest BCUT2D eigenvalue weighted by Crippen LogP contribution is -2.25. The average molecular weight is 612 g/mol. The minimum absolute atomic E-state index is 0.202. The number of hydrogen-bond acceptors (Lipinski definition) is 6. The second-order valence-corrected chi connectivity index (χ2v) is 12.4. The summed E-state index contributed by atoms with van der Waals surface area (Å²) in [5, 5.41) is 3.71. The van der Waals surface area contributed by atoms with Crippen molar-refractivity contribution in [3.05, 3.63) is 96.3 Å². The first-order valence-electron chi connectivity index (χ1n) is 13.4. The number of aromatic nitrogens is 3. The third kappa shape index (κ3) is 4.33. The fourth-order valence-corrected chi connectivity index (χ4v) is 5.97. The fourth-order valence-electron chi connectivity index (χ4n) is 5.46. The first-order valence-corrected chi connectivity index (χ1v) is 15.3. The second-order valence-electron chi connectivity index (χ2n) is 10.4. The molecule has 0 saturated carbocycles. The molecule has 0 bridgehead atoms. The number of pyridine rings is 1. The number of nitrogens with one attached hydrogen (secondary N) is 1. The number of amides is 1. The van der Waals surface area contributed by atoms with Crippen molar-refractivity contribution >= 4 is 60.0 Å². The molecule has 0 aliphatic carbocycles. The molecule has 1 amide bonds. The van der Waals surface area contributed by atoms with E-state index in [4.69, 9.17) is 9.40 Å². The Morgan fingerprint density at radius 2 is 1.70 bits per heavy atom. The lowest BCUT2D eigenvalue weighted by Gasteiger charge is -2.20. The van der Waals surface area contributed by atoms with Gasteiger partial charge in [0.05, 0.1) is 39.8 Å². The molecule has 44 heavy (non-hydrogen) atoms. The van der Waals surface area contributed by atoms with Crippen LogP contribution in [0.1, 0.15) is 10.4 Å². The van der Waals surface area contributed by atoms with Crippen molar-refractivity contribution < 1.29 is 26.4 Å². The first-order chi connectivity index (χ1) is 21.0. The molecule has 0 radical (unpaired) electrons. The van der Waals surface area contributed by atoms with Crippen LogP contribution < -0.4 is 9.62 Å². The van der Waals surface area contributed by atoms with Crippen molar-refractivity contribution in [1.82, 2.24) is 19.7 Å². The molecule has 9 nitrogen and oxygen atoms in total. The van der Waals surface area contributed by atoms with Crippen molar-refractivity contribution in [1.29, 1.82) is 0 Å². The molecule has 4 heterocycles. The lowest BCUT2D eigenvalue weighted by atomic mass is 10.0. The van der Waals surface area contributed by atoms with E-state index in [1.165, 1.54) is 50.5 Å². The zero-order valence-corrected chi connectivity index (χ0v) is 24.4. The number of sulfonamides is 1. The molecule has 7 aromatic rings. The summed E-state index contributed by atoms with van der Waals surface area (Å²) < 4.78 is 62.3. The van der Waals surface area contributed by atoms with Crippen molar-refractivity contribution in [2.45, 2.75) is 0 Å². The molecule has 4 aromatic heterocycles. The first kappa shape index (κ1) is 27.5. The molecular weight excluding hydrogens is 588 g/mol. The number of carbonyl (C=O) groups excluding carboxylic acids is 1. The van der Waals surface area contributed by atoms with Crippen LogP contribution in [0.4, 0.5) is 14.5 Å². The summed E-state index contributed by atoms with van der Waals surface area (Å²) in [4.78, 5) is 22.7. The maximum atomic E-state index is 14.0. The van der Waals surface area contributed by atoms with Crippen LogP contribution in [0.5, 0.6) is 0 Å². The van der Waals surface area contributed by atoms with Gasteiger partial charge in [0.15, 0.2) is 0 Å². The number of fused-ring (bicyclic) bond motifs is 6. The number of anilines is 1. The van der Waals surface area contributed by atoms with Crippen LogP contribution >= 0.6 is 0 Å². The third-order valence-corrected chi connectivity index (χ3v) is 8.90. The van der Waals surface area contributed by atoms with Gasteiger partial charge in [0.2, 0.25) is 10.0 Å². The minimum atomic E-state index is -3.74. The van der Waals surface area contributed by atoms with Crippen LogP contribution in [0.25, 0.3) is 61.0 Å². The van der Waals surface area contributed by atoms with Gasteiger partial charge in [-0.05, 0) is 66.7 Å². The molecule has 12 heteroatoms. The van der Waals surface area contributed by atoms with E-state index >= 15 is 0 Å². The van der Waals surface area contributed by atoms with Crippen LogP contribution in [0.15, 0.2) is 83.5 Å². The van der Waals surface area contributed by atoms with Crippen molar-refractivity contribution in [2.75, 3.05) is 24.7 Å². The summed E-state index contributed by atoms with van der Waals surface area (Å²) >= 11 is 0. The molecule has 0 aliphatic heterocycles. The van der Waals surface area contributed by atoms with Gasteiger partial charge in [0, 0.05) is 42.1 Å². The Morgan fingerprint density at radius 3 is 2.43 bits per heavy atom. The maximum absolute atomic E-state index is 14.0. The number of halogens is 2. The van der Waals surface area contributed by atoms with E-state index in [1.807, 2.05) is 10.5 Å². The number of benzene rings is 3. The van der Waals surface area contributed by atoms with Crippen LogP contribution in [-0.4, -0.2) is 49.0 Å². The van der Waals surface area contributed by atoms with Gasteiger partial charge < -0.3 is 9.73 Å². The van der Waals surface area contributed by atoms with Gasteiger partial charge in [-0.25, -0.2) is 27.2 Å². The SMILES string of the molecule is CNC(=O)c1c(-c2ccc(F)cc2)oc2cc(N(C)S(C)(=O)=O)c(-c3ccc4ncn5c6ccc(F)cc6cc5c4n3)cc12. The topological polar surface area (TPSA) is 110 Å². The normalized spacial score (nSPS) is 12.0. The Hall–Kier alpha value is -5.36. The monoisotopic (exact) mass is 611 g/mol. The molecule has 0 atom stereocenters. The molecule has 1 N–H and O–H groups in total. The molecule has 3 aromatic carbocycles. The smallest absolute Gasteiger partial charge is 0.255 e. The molecule has 7 rings (SSSR count). The van der Waals surface area contributed by atoms with E-state index in [0.29, 0.717) is 44.1 Å². The summed E-state index contributed by atoms with van der Waals surface area (Å²) in [6.07, 6.45) is 2.72. The predicted octanol–water partition coefficient (Wildman–Crippen LogP) is 6.15. The number of nitrogens with zero attached hydrogens (tertiary/aromatic N) is 4. The fraction of sp³-hybridized carbons (Fsp3) is 0.0938. The van der Waals surface area contributed by atoms with E-state index in [-0.39, 0.29) is 28.4 Å². The molecule has 0 saturated heterocycles. The summed E-state index contributed by atoms with van der Waals surface area (Å²) in [5.74, 6) is -1.05. The molecule has 0 unspecified atom stereocenters. The Morgan fingerprint density at radius 1 is 0.955 bits per heavy atom. The van der Waals surface area contributed by atoms with Gasteiger partial charge >= 0.3 is 0 Å². The molecule has 220 valence electrons. The Balaban J connectivity index is 1.54. The Bertz CT molecular complexity index is 2420. The summed E-state index contributed by atoms with van der Waals surface area (Å²) in [6.45, 7) is 0. The van der Waals surface area contributed by atoms with Gasteiger partial charge in [-0.3, -0.25) is 13.5 Å². The highest BCUT2D eigenvalue weighted by atomic mass is 32.2. The number of hydrogen-bond donors (Lipinski definition) is 1. The van der Waals surface area contributed by atoms with Gasteiger partial charge in [-0.2, -0.15) is 0 Å². The predicted molar refractivity (Wildman–Crippen MR) is 165 cm³/mol. The highest BCUT2D eigenvalue weighted by Gasteiger charge is 2.26. The van der Waals surface area contributed by atoms with E-state index in [9.17, 15) is 22.0 Å². The van der Waals surface area contributed by atoms with Gasteiger partial charge in [0.25, 0.3) is 5.91 Å². The molecule has 0 spiro atoms. The zero-order chi connectivity index (χ0) is 30.9. The van der Waals surface area contributed by atoms with Crippen molar-refractivity contribution in [3.63, 3.8) is 0 Å². The van der Waals surface area contributed by atoms with Crippen molar-refractivity contribution in [2.24, 2.45) is 0 Å². The highest BCUT2D eigenvalue weighted by molar-refractivity contribution is 7.92. The van der Waals surface area contributed by atoms with E-state index < -0.39 is 21.7 Å². The molecular formula is C32H23F2N5O4S. The minimum Gasteiger partial charge on any atom is -0.455 e. The van der Waals surface area contributed by atoms with Gasteiger partial charge in [-0.1, -0.05) is 0 Å². The number of carbonyl (C=O) groups is 1. The standard InChI is InChI=1S/C32H23F2N5O4S/c1-35-32(40)29-22-14-21(26(38(2)44(3,41)42)15-28(22)43-31(29)17-4-6-19(33)7-5-17)23-9-10-24-30(37-23)27-13-18-12-20(34)8-11-25(18)39(27)16-36-24/h4-16H,1-3H3,(H,35,40). The molecule has 0 fully saturated rings. The van der Waals surface area contributed by atoms with Crippen LogP contribution in [0, 0.1) is 11.6 Å². The Kier molecular flexibility index (Phi) is 6.15. The maximum Gasteiger partial charge on any atom is 0.255 e. The summed E-state index contributed by atoms with van der Waals surface area (Å²) in [5.41, 5.74) is 4.53. The number of furan rings is 1. The van der Waals surface area contributed by atoms with Gasteiger partial charge in [-0.15, -0.1) is 0 Å². The highest BCUT2D eigenvalue weighted by Crippen LogP contribution is 2.41. The van der Waals surface area contributed by atoms with E-state index in [0.717, 1.165) is 16.1 Å². The van der Waals surface area contributed by atoms with Crippen LogP contribution in [0.3, 0.4) is 0 Å². The zero-order valence-electron chi connectivity index (χ0n) is 23.6. The van der Waals surface area contributed by atoms with Crippen LogP contribution in [0.2, 0.25) is 0 Å². The van der Waals surface area contributed by atoms with Gasteiger partial charge in [0.1, 0.15) is 34.8 Å². The average Bonchev–Trinajstić information content (AvgIpc) is 3.57. The number of rotatable bonds is 5. The Labute approximate surface area is 249 Å². The van der Waals surface area contributed by atoms with Crippen molar-refractivity contribution in [3.8, 4) is 22.6 Å². The van der Waals surface area contributed by atoms with E-state index in [2.05, 4.69) is 10.3 Å². The lowest BCUT2D eigenvalue weighted by molar-refractivity contribution is 0.0964.